The Morgan fingerprint density at radius 1 is 1.17 bits per heavy atom. The van der Waals surface area contributed by atoms with Crippen molar-refractivity contribution in [3.63, 3.8) is 0 Å². The SMILES string of the molecule is Cc1nn(-c2ccccc2)c(Cl)c1/C=N\NC(=O)COc1ccc(C(C)(C)C)cc1. The average molecular weight is 425 g/mol. The summed E-state index contributed by atoms with van der Waals surface area (Å²) < 4.78 is 7.15. The Labute approximate surface area is 181 Å². The van der Waals surface area contributed by atoms with Crippen LogP contribution in [0.5, 0.6) is 5.75 Å². The molecule has 0 unspecified atom stereocenters. The second-order valence-electron chi connectivity index (χ2n) is 7.89. The van der Waals surface area contributed by atoms with Gasteiger partial charge >= 0.3 is 0 Å². The number of ether oxygens (including phenoxy) is 1. The minimum absolute atomic E-state index is 0.0678. The number of aryl methyl sites for hydroxylation is 1. The van der Waals surface area contributed by atoms with Crippen LogP contribution in [-0.2, 0) is 10.2 Å². The third kappa shape index (κ3) is 5.27. The normalized spacial score (nSPS) is 11.6. The number of amides is 1. The maximum atomic E-state index is 12.0. The Morgan fingerprint density at radius 2 is 1.83 bits per heavy atom. The number of carbonyl (C=O) groups excluding carboxylic acids is 1. The molecule has 0 saturated heterocycles. The summed E-state index contributed by atoms with van der Waals surface area (Å²) >= 11 is 6.44. The molecule has 7 heteroatoms. The minimum atomic E-state index is -0.365. The molecule has 0 spiro atoms. The van der Waals surface area contributed by atoms with Gasteiger partial charge in [0, 0.05) is 0 Å². The zero-order valence-corrected chi connectivity index (χ0v) is 18.3. The summed E-state index contributed by atoms with van der Waals surface area (Å²) in [6.45, 7) is 8.13. The van der Waals surface area contributed by atoms with E-state index in [1.807, 2.05) is 61.5 Å². The maximum absolute atomic E-state index is 12.0. The number of nitrogens with zero attached hydrogens (tertiary/aromatic N) is 3. The van der Waals surface area contributed by atoms with Gasteiger partial charge in [-0.25, -0.2) is 10.1 Å². The summed E-state index contributed by atoms with van der Waals surface area (Å²) in [5.41, 5.74) is 5.91. The molecule has 1 amide bonds. The molecule has 0 aliphatic heterocycles. The topological polar surface area (TPSA) is 68.5 Å². The largest absolute Gasteiger partial charge is 0.484 e. The van der Waals surface area contributed by atoms with E-state index in [4.69, 9.17) is 16.3 Å². The van der Waals surface area contributed by atoms with E-state index in [0.717, 1.165) is 5.69 Å². The van der Waals surface area contributed by atoms with Crippen LogP contribution in [0.25, 0.3) is 5.69 Å². The van der Waals surface area contributed by atoms with Crippen LogP contribution < -0.4 is 10.2 Å². The third-order valence-corrected chi connectivity index (χ3v) is 4.89. The number of para-hydroxylation sites is 1. The fourth-order valence-electron chi connectivity index (χ4n) is 2.80. The van der Waals surface area contributed by atoms with Crippen LogP contribution in [0.15, 0.2) is 59.7 Å². The summed E-state index contributed by atoms with van der Waals surface area (Å²) in [7, 11) is 0. The van der Waals surface area contributed by atoms with E-state index < -0.39 is 0 Å². The molecule has 1 heterocycles. The number of nitrogens with one attached hydrogen (secondary N) is 1. The van der Waals surface area contributed by atoms with Crippen molar-refractivity contribution in [1.82, 2.24) is 15.2 Å². The van der Waals surface area contributed by atoms with Crippen molar-refractivity contribution >= 4 is 23.7 Å². The second-order valence-corrected chi connectivity index (χ2v) is 8.25. The smallest absolute Gasteiger partial charge is 0.277 e. The van der Waals surface area contributed by atoms with E-state index in [0.29, 0.717) is 22.2 Å². The van der Waals surface area contributed by atoms with Gasteiger partial charge in [-0.2, -0.15) is 10.2 Å². The molecule has 156 valence electrons. The van der Waals surface area contributed by atoms with Crippen molar-refractivity contribution < 1.29 is 9.53 Å². The van der Waals surface area contributed by atoms with Gasteiger partial charge in [-0.15, -0.1) is 0 Å². The van der Waals surface area contributed by atoms with E-state index in [2.05, 4.69) is 36.4 Å². The molecule has 1 aromatic heterocycles. The number of aromatic nitrogens is 2. The van der Waals surface area contributed by atoms with Crippen molar-refractivity contribution in [1.29, 1.82) is 0 Å². The number of benzene rings is 2. The lowest BCUT2D eigenvalue weighted by Gasteiger charge is -2.19. The molecule has 30 heavy (non-hydrogen) atoms. The first-order chi connectivity index (χ1) is 14.3. The standard InChI is InChI=1S/C23H25ClN4O2/c1-16-20(22(24)28(27-16)18-8-6-5-7-9-18)14-25-26-21(29)15-30-19-12-10-17(11-13-19)23(2,3)4/h5-14H,15H2,1-4H3,(H,26,29)/b25-14-. The zero-order chi connectivity index (χ0) is 21.7. The number of carbonyl (C=O) groups is 1. The van der Waals surface area contributed by atoms with Gasteiger partial charge < -0.3 is 4.74 Å². The Balaban J connectivity index is 1.57. The Kier molecular flexibility index (Phi) is 6.57. The predicted molar refractivity (Wildman–Crippen MR) is 120 cm³/mol. The van der Waals surface area contributed by atoms with E-state index >= 15 is 0 Å². The molecule has 0 radical (unpaired) electrons. The van der Waals surface area contributed by atoms with Gasteiger partial charge in [0.1, 0.15) is 10.9 Å². The van der Waals surface area contributed by atoms with Gasteiger partial charge in [-0.3, -0.25) is 4.79 Å². The fraction of sp³-hybridized carbons (Fsp3) is 0.261. The first kappa shape index (κ1) is 21.6. The summed E-state index contributed by atoms with van der Waals surface area (Å²) in [5.74, 6) is 0.264. The van der Waals surface area contributed by atoms with Crippen molar-refractivity contribution in [3.8, 4) is 11.4 Å². The highest BCUT2D eigenvalue weighted by Crippen LogP contribution is 2.24. The van der Waals surface area contributed by atoms with Crippen LogP contribution in [0.4, 0.5) is 0 Å². The molecule has 0 aliphatic rings. The molecule has 2 aromatic carbocycles. The number of hydrogen-bond acceptors (Lipinski definition) is 4. The first-order valence-electron chi connectivity index (χ1n) is 9.61. The van der Waals surface area contributed by atoms with Gasteiger partial charge in [0.15, 0.2) is 6.61 Å². The van der Waals surface area contributed by atoms with E-state index in [9.17, 15) is 4.79 Å². The predicted octanol–water partition coefficient (Wildman–Crippen LogP) is 4.66. The lowest BCUT2D eigenvalue weighted by molar-refractivity contribution is -0.123. The Hall–Kier alpha value is -3.12. The van der Waals surface area contributed by atoms with Gasteiger partial charge in [0.25, 0.3) is 5.91 Å². The molecule has 1 N–H and O–H groups in total. The number of hydrazone groups is 1. The summed E-state index contributed by atoms with van der Waals surface area (Å²) in [4.78, 5) is 12.0. The van der Waals surface area contributed by atoms with Crippen LogP contribution in [0.2, 0.25) is 5.15 Å². The maximum Gasteiger partial charge on any atom is 0.277 e. The molecule has 3 aromatic rings. The zero-order valence-electron chi connectivity index (χ0n) is 17.5. The molecule has 0 atom stereocenters. The summed E-state index contributed by atoms with van der Waals surface area (Å²) in [5, 5.41) is 8.84. The monoisotopic (exact) mass is 424 g/mol. The van der Waals surface area contributed by atoms with E-state index in [1.165, 1.54) is 11.8 Å². The average Bonchev–Trinajstić information content (AvgIpc) is 3.01. The van der Waals surface area contributed by atoms with E-state index in [-0.39, 0.29) is 17.9 Å². The number of rotatable bonds is 6. The lowest BCUT2D eigenvalue weighted by atomic mass is 9.87. The van der Waals surface area contributed by atoms with Crippen LogP contribution in [0, 0.1) is 6.92 Å². The molecular formula is C23H25ClN4O2. The van der Waals surface area contributed by atoms with Crippen molar-refractivity contribution in [3.05, 3.63) is 76.6 Å². The molecule has 0 fully saturated rings. The molecule has 3 rings (SSSR count). The van der Waals surface area contributed by atoms with Gasteiger partial charge in [-0.1, -0.05) is 62.7 Å². The molecule has 0 bridgehead atoms. The van der Waals surface area contributed by atoms with Gasteiger partial charge in [0.05, 0.1) is 23.2 Å². The van der Waals surface area contributed by atoms with Crippen molar-refractivity contribution in [2.24, 2.45) is 5.10 Å². The van der Waals surface area contributed by atoms with Crippen LogP contribution >= 0.6 is 11.6 Å². The molecule has 6 nitrogen and oxygen atoms in total. The third-order valence-electron chi connectivity index (χ3n) is 4.52. The quantitative estimate of drug-likeness (QED) is 0.462. The molecular weight excluding hydrogens is 400 g/mol. The minimum Gasteiger partial charge on any atom is -0.484 e. The highest BCUT2D eigenvalue weighted by atomic mass is 35.5. The summed E-state index contributed by atoms with van der Waals surface area (Å²) in [6.07, 6.45) is 1.49. The van der Waals surface area contributed by atoms with Crippen molar-refractivity contribution in [2.75, 3.05) is 6.61 Å². The van der Waals surface area contributed by atoms with Crippen LogP contribution in [-0.4, -0.2) is 28.5 Å². The highest BCUT2D eigenvalue weighted by Gasteiger charge is 2.14. The van der Waals surface area contributed by atoms with Gasteiger partial charge in [0.2, 0.25) is 0 Å². The van der Waals surface area contributed by atoms with Crippen molar-refractivity contribution in [2.45, 2.75) is 33.1 Å². The second kappa shape index (κ2) is 9.13. The lowest BCUT2D eigenvalue weighted by Crippen LogP contribution is -2.24. The Morgan fingerprint density at radius 3 is 2.47 bits per heavy atom. The Bertz CT molecular complexity index is 1040. The van der Waals surface area contributed by atoms with Crippen LogP contribution in [0.1, 0.15) is 37.6 Å². The van der Waals surface area contributed by atoms with E-state index in [1.54, 1.807) is 4.68 Å². The van der Waals surface area contributed by atoms with Crippen LogP contribution in [0.3, 0.4) is 0 Å². The summed E-state index contributed by atoms with van der Waals surface area (Å²) in [6, 6.07) is 17.3. The van der Waals surface area contributed by atoms with Gasteiger partial charge in [-0.05, 0) is 42.2 Å². The first-order valence-corrected chi connectivity index (χ1v) is 9.99. The fourth-order valence-corrected chi connectivity index (χ4v) is 3.12. The molecule has 0 saturated carbocycles. The number of hydrogen-bond donors (Lipinski definition) is 1. The highest BCUT2D eigenvalue weighted by molar-refractivity contribution is 6.32. The molecule has 0 aliphatic carbocycles. The number of halogens is 1.